The van der Waals surface area contributed by atoms with Gasteiger partial charge in [-0.2, -0.15) is 0 Å². The van der Waals surface area contributed by atoms with Gasteiger partial charge in [-0.15, -0.1) is 10.2 Å². The number of hydrogen-bond donors (Lipinski definition) is 0. The lowest BCUT2D eigenvalue weighted by molar-refractivity contribution is 0.530. The maximum absolute atomic E-state index is 13.2. The molecule has 0 spiro atoms. The van der Waals surface area contributed by atoms with Gasteiger partial charge in [-0.05, 0) is 32.0 Å². The molecule has 1 heterocycles. The van der Waals surface area contributed by atoms with Gasteiger partial charge in [-0.25, -0.2) is 12.8 Å². The van der Waals surface area contributed by atoms with Crippen LogP contribution in [0.5, 0.6) is 0 Å². The summed E-state index contributed by atoms with van der Waals surface area (Å²) in [4.78, 5) is 0. The molecule has 108 valence electrons. The molecule has 20 heavy (non-hydrogen) atoms. The fraction of sp³-hybridized carbons (Fsp3) is 0.273. The second kappa shape index (κ2) is 5.31. The molecule has 0 aliphatic carbocycles. The zero-order valence-corrected chi connectivity index (χ0v) is 12.8. The molecule has 0 N–H and O–H groups in total. The first-order chi connectivity index (χ1) is 9.21. The Labute approximate surface area is 124 Å². The van der Waals surface area contributed by atoms with Crippen LogP contribution < -0.4 is 0 Å². The molecule has 0 saturated heterocycles. The minimum absolute atomic E-state index is 0.0870. The highest BCUT2D eigenvalue weighted by Gasteiger charge is 2.25. The Kier molecular flexibility index (Phi) is 4.04. The van der Waals surface area contributed by atoms with Gasteiger partial charge in [0.1, 0.15) is 5.82 Å². The summed E-state index contributed by atoms with van der Waals surface area (Å²) in [6.07, 6.45) is 0. The van der Waals surface area contributed by atoms with Crippen molar-refractivity contribution >= 4 is 31.3 Å². The summed E-state index contributed by atoms with van der Waals surface area (Å²) in [5, 5.41) is 6.96. The molecule has 0 saturated carbocycles. The molecule has 0 atom stereocenters. The molecule has 1 aromatic heterocycles. The van der Waals surface area contributed by atoms with Gasteiger partial charge in [0.2, 0.25) is 0 Å². The van der Waals surface area contributed by atoms with Crippen LogP contribution in [0.3, 0.4) is 0 Å². The van der Waals surface area contributed by atoms with Gasteiger partial charge in [0, 0.05) is 22.3 Å². The quantitative estimate of drug-likeness (QED) is 0.806. The van der Waals surface area contributed by atoms with Crippen LogP contribution in [-0.2, 0) is 9.05 Å². The van der Waals surface area contributed by atoms with Crippen molar-refractivity contribution in [3.8, 4) is 11.4 Å². The van der Waals surface area contributed by atoms with Crippen molar-refractivity contribution in [2.24, 2.45) is 0 Å². The highest BCUT2D eigenvalue weighted by Crippen LogP contribution is 2.28. The van der Waals surface area contributed by atoms with Crippen LogP contribution >= 0.6 is 22.3 Å². The molecule has 0 amide bonds. The Morgan fingerprint density at radius 1 is 1.30 bits per heavy atom. The number of hydrogen-bond acceptors (Lipinski definition) is 4. The van der Waals surface area contributed by atoms with Crippen LogP contribution in [0.1, 0.15) is 19.9 Å². The van der Waals surface area contributed by atoms with Crippen LogP contribution in [0.2, 0.25) is 5.02 Å². The number of halogens is 3. The maximum Gasteiger partial charge on any atom is 0.296 e. The first-order valence-electron chi connectivity index (χ1n) is 5.57. The SMILES string of the molecule is CC(C)n1c(-c2ccc(F)c(Cl)c2)nnc1S(=O)(=O)Cl. The second-order valence-corrected chi connectivity index (χ2v) is 7.20. The summed E-state index contributed by atoms with van der Waals surface area (Å²) in [5.41, 5.74) is 0.448. The molecule has 0 unspecified atom stereocenters. The van der Waals surface area contributed by atoms with Gasteiger partial charge in [0.25, 0.3) is 14.2 Å². The summed E-state index contributed by atoms with van der Waals surface area (Å²) in [6.45, 7) is 3.51. The van der Waals surface area contributed by atoms with E-state index in [0.717, 1.165) is 0 Å². The van der Waals surface area contributed by atoms with Crippen molar-refractivity contribution in [1.29, 1.82) is 0 Å². The van der Waals surface area contributed by atoms with E-state index in [9.17, 15) is 12.8 Å². The molecule has 2 aromatic rings. The molecule has 2 rings (SSSR count). The predicted octanol–water partition coefficient (Wildman–Crippen LogP) is 3.25. The van der Waals surface area contributed by atoms with Crippen LogP contribution in [0.4, 0.5) is 4.39 Å². The molecule has 5 nitrogen and oxygen atoms in total. The number of benzene rings is 1. The third-order valence-corrected chi connectivity index (χ3v) is 3.99. The lowest BCUT2D eigenvalue weighted by Gasteiger charge is -2.12. The average Bonchev–Trinajstić information content (AvgIpc) is 2.77. The van der Waals surface area contributed by atoms with Crippen LogP contribution in [0.25, 0.3) is 11.4 Å². The standard InChI is InChI=1S/C11H10Cl2FN3O2S/c1-6(2)17-10(15-16-11(17)20(13,18)19)7-3-4-9(14)8(12)5-7/h3-6H,1-2H3. The van der Waals surface area contributed by atoms with Crippen LogP contribution in [0, 0.1) is 5.82 Å². The fourth-order valence-corrected chi connectivity index (χ4v) is 2.91. The van der Waals surface area contributed by atoms with Gasteiger partial charge in [0.15, 0.2) is 5.82 Å². The number of rotatable bonds is 3. The first-order valence-corrected chi connectivity index (χ1v) is 8.25. The van der Waals surface area contributed by atoms with Gasteiger partial charge in [-0.3, -0.25) is 4.57 Å². The minimum Gasteiger partial charge on any atom is -0.294 e. The fourth-order valence-electron chi connectivity index (χ4n) is 1.74. The van der Waals surface area contributed by atoms with Crippen molar-refractivity contribution in [3.05, 3.63) is 29.0 Å². The van der Waals surface area contributed by atoms with Gasteiger partial charge < -0.3 is 0 Å². The number of nitrogens with zero attached hydrogens (tertiary/aromatic N) is 3. The van der Waals surface area contributed by atoms with E-state index in [1.54, 1.807) is 13.8 Å². The Morgan fingerprint density at radius 2 is 1.95 bits per heavy atom. The largest absolute Gasteiger partial charge is 0.296 e. The summed E-state index contributed by atoms with van der Waals surface area (Å²) in [5.74, 6) is -0.322. The smallest absolute Gasteiger partial charge is 0.294 e. The van der Waals surface area contributed by atoms with E-state index in [0.29, 0.717) is 5.56 Å². The summed E-state index contributed by atoms with van der Waals surface area (Å²) < 4.78 is 37.5. The van der Waals surface area contributed by atoms with Crippen LogP contribution in [-0.4, -0.2) is 23.2 Å². The van der Waals surface area contributed by atoms with Gasteiger partial charge >= 0.3 is 0 Å². The van der Waals surface area contributed by atoms with Crippen molar-refractivity contribution in [3.63, 3.8) is 0 Å². The molecule has 1 aromatic carbocycles. The van der Waals surface area contributed by atoms with E-state index < -0.39 is 14.9 Å². The van der Waals surface area contributed by atoms with Crippen molar-refractivity contribution < 1.29 is 12.8 Å². The third kappa shape index (κ3) is 2.79. The van der Waals surface area contributed by atoms with E-state index in [4.69, 9.17) is 22.3 Å². The summed E-state index contributed by atoms with van der Waals surface area (Å²) >= 11 is 5.72. The van der Waals surface area contributed by atoms with Crippen molar-refractivity contribution in [2.45, 2.75) is 25.0 Å². The predicted molar refractivity (Wildman–Crippen MR) is 73.8 cm³/mol. The maximum atomic E-state index is 13.2. The average molecular weight is 338 g/mol. The second-order valence-electron chi connectivity index (χ2n) is 4.34. The molecule has 0 bridgehead atoms. The molecule has 9 heteroatoms. The molecule has 0 aliphatic heterocycles. The first kappa shape index (κ1) is 15.2. The molecule has 0 aliphatic rings. The molecular weight excluding hydrogens is 328 g/mol. The van der Waals surface area contributed by atoms with Crippen molar-refractivity contribution in [2.75, 3.05) is 0 Å². The van der Waals surface area contributed by atoms with Gasteiger partial charge in [-0.1, -0.05) is 11.6 Å². The highest BCUT2D eigenvalue weighted by atomic mass is 35.7. The van der Waals surface area contributed by atoms with Gasteiger partial charge in [0.05, 0.1) is 5.02 Å². The molecule has 0 radical (unpaired) electrons. The van der Waals surface area contributed by atoms with E-state index in [-0.39, 0.29) is 22.0 Å². The Hall–Kier alpha value is -1.18. The lowest BCUT2D eigenvalue weighted by Crippen LogP contribution is -2.10. The summed E-state index contributed by atoms with van der Waals surface area (Å²) in [7, 11) is 1.30. The summed E-state index contributed by atoms with van der Waals surface area (Å²) in [6, 6.07) is 3.71. The third-order valence-electron chi connectivity index (χ3n) is 2.58. The zero-order valence-electron chi connectivity index (χ0n) is 10.5. The normalized spacial score (nSPS) is 12.1. The number of aromatic nitrogens is 3. The minimum atomic E-state index is -4.03. The Morgan fingerprint density at radius 3 is 2.45 bits per heavy atom. The van der Waals surface area contributed by atoms with E-state index in [1.165, 1.54) is 22.8 Å². The molecule has 0 fully saturated rings. The van der Waals surface area contributed by atoms with E-state index >= 15 is 0 Å². The zero-order chi connectivity index (χ0) is 15.1. The van der Waals surface area contributed by atoms with Crippen LogP contribution in [0.15, 0.2) is 23.4 Å². The van der Waals surface area contributed by atoms with E-state index in [2.05, 4.69) is 10.2 Å². The Balaban J connectivity index is 2.69. The monoisotopic (exact) mass is 337 g/mol. The lowest BCUT2D eigenvalue weighted by atomic mass is 10.2. The Bertz CT molecular complexity index is 759. The van der Waals surface area contributed by atoms with Crippen molar-refractivity contribution in [1.82, 2.24) is 14.8 Å². The van der Waals surface area contributed by atoms with E-state index in [1.807, 2.05) is 0 Å². The topological polar surface area (TPSA) is 64.8 Å². The molecular formula is C11H10Cl2FN3O2S. The highest BCUT2D eigenvalue weighted by molar-refractivity contribution is 8.13.